The van der Waals surface area contributed by atoms with E-state index in [0.29, 0.717) is 0 Å². The molecule has 10 nitrogen and oxygen atoms in total. The molecule has 0 amide bonds. The first-order valence-electron chi connectivity index (χ1n) is 8.31. The number of aliphatic hydroxyl groups is 7. The Balaban J connectivity index is 2.17. The molecule has 0 spiro atoms. The van der Waals surface area contributed by atoms with E-state index in [-0.39, 0.29) is 5.92 Å². The van der Waals surface area contributed by atoms with Crippen LogP contribution in [-0.4, -0.2) is 110 Å². The summed E-state index contributed by atoms with van der Waals surface area (Å²) >= 11 is 0. The lowest BCUT2D eigenvalue weighted by atomic mass is 9.89. The summed E-state index contributed by atoms with van der Waals surface area (Å²) in [6.45, 7) is 2.46. The van der Waals surface area contributed by atoms with Gasteiger partial charge in [0.2, 0.25) is 0 Å². The van der Waals surface area contributed by atoms with Crippen LogP contribution in [0.15, 0.2) is 0 Å². The summed E-state index contributed by atoms with van der Waals surface area (Å²) in [7, 11) is 0. The van der Waals surface area contributed by atoms with Gasteiger partial charge in [0.05, 0.1) is 19.3 Å². The van der Waals surface area contributed by atoms with Gasteiger partial charge in [0.1, 0.15) is 48.8 Å². The first-order valence-corrected chi connectivity index (χ1v) is 8.31. The second kappa shape index (κ2) is 8.53. The molecular weight excluding hydrogens is 340 g/mol. The van der Waals surface area contributed by atoms with E-state index in [1.807, 2.05) is 0 Å². The van der Waals surface area contributed by atoms with Crippen molar-refractivity contribution in [2.45, 2.75) is 75.1 Å². The average molecular weight is 368 g/mol. The van der Waals surface area contributed by atoms with E-state index in [0.717, 1.165) is 0 Å². The minimum Gasteiger partial charge on any atom is -0.394 e. The summed E-state index contributed by atoms with van der Waals surface area (Å²) in [6.07, 6.45) is -13.1. The third kappa shape index (κ3) is 4.14. The van der Waals surface area contributed by atoms with Crippen LogP contribution in [0.2, 0.25) is 0 Å². The maximum atomic E-state index is 10.4. The van der Waals surface area contributed by atoms with Crippen LogP contribution < -0.4 is 0 Å². The molecule has 4 unspecified atom stereocenters. The average Bonchev–Trinajstić information content (AvgIpc) is 2.59. The number of hydrogen-bond donors (Lipinski definition) is 7. The van der Waals surface area contributed by atoms with Crippen LogP contribution in [-0.2, 0) is 14.2 Å². The van der Waals surface area contributed by atoms with E-state index in [9.17, 15) is 35.7 Å². The summed E-state index contributed by atoms with van der Waals surface area (Å²) in [6, 6.07) is 0. The molecule has 0 aromatic carbocycles. The summed E-state index contributed by atoms with van der Waals surface area (Å²) in [5.74, 6) is -0.175. The molecule has 2 aliphatic rings. The van der Waals surface area contributed by atoms with Gasteiger partial charge in [-0.15, -0.1) is 0 Å². The first kappa shape index (κ1) is 20.9. The number of hydrogen-bond acceptors (Lipinski definition) is 10. The molecule has 0 bridgehead atoms. The van der Waals surface area contributed by atoms with Crippen molar-refractivity contribution in [2.75, 3.05) is 13.2 Å². The van der Waals surface area contributed by atoms with Crippen LogP contribution in [0.25, 0.3) is 0 Å². The van der Waals surface area contributed by atoms with Gasteiger partial charge in [0.15, 0.2) is 6.29 Å². The number of aliphatic hydroxyl groups excluding tert-OH is 7. The van der Waals surface area contributed by atoms with E-state index in [1.165, 1.54) is 0 Å². The zero-order valence-corrected chi connectivity index (χ0v) is 14.1. The topological polar surface area (TPSA) is 169 Å². The highest BCUT2D eigenvalue weighted by molar-refractivity contribution is 4.96. The smallest absolute Gasteiger partial charge is 0.187 e. The van der Waals surface area contributed by atoms with Crippen molar-refractivity contribution in [1.29, 1.82) is 0 Å². The third-order valence-electron chi connectivity index (χ3n) is 4.70. The molecule has 25 heavy (non-hydrogen) atoms. The highest BCUT2D eigenvalue weighted by Gasteiger charge is 2.50. The van der Waals surface area contributed by atoms with Crippen LogP contribution in [0.1, 0.15) is 13.8 Å². The highest BCUT2D eigenvalue weighted by atomic mass is 16.7. The quantitative estimate of drug-likeness (QED) is 0.256. The maximum absolute atomic E-state index is 10.4. The van der Waals surface area contributed by atoms with Gasteiger partial charge in [-0.3, -0.25) is 0 Å². The monoisotopic (exact) mass is 368 g/mol. The summed E-state index contributed by atoms with van der Waals surface area (Å²) in [4.78, 5) is 0. The summed E-state index contributed by atoms with van der Waals surface area (Å²) in [5.41, 5.74) is 0. The predicted molar refractivity (Wildman–Crippen MR) is 81.2 cm³/mol. The zero-order chi connectivity index (χ0) is 18.9. The Bertz CT molecular complexity index is 419. The van der Waals surface area contributed by atoms with Gasteiger partial charge in [0.25, 0.3) is 0 Å². The molecule has 2 heterocycles. The molecule has 0 aliphatic carbocycles. The molecule has 10 heteroatoms. The Morgan fingerprint density at radius 3 is 1.80 bits per heavy atom. The lowest BCUT2D eigenvalue weighted by Gasteiger charge is -2.47. The first-order chi connectivity index (χ1) is 11.7. The molecule has 2 aliphatic heterocycles. The standard InChI is InChI=1S/C15H28O10/c1-5(2)13-14(11(21)9(19)6(3-16)23-13)25-15-12(22)10(20)8(18)7(4-17)24-15/h5-22H,3-4H2,1-2H3/t6-,7+,8+,9?,10?,11-,12?,13?,14+,15+/m0/s1. The minimum absolute atomic E-state index is 0.175. The van der Waals surface area contributed by atoms with Crippen molar-refractivity contribution >= 4 is 0 Å². The SMILES string of the molecule is CC(C)C1O[C@@H](CO)C(O)[C@H](O)[C@H]1O[C@H]1O[C@H](CO)[C@@H](O)C(O)C1O. The molecule has 0 saturated carbocycles. The largest absolute Gasteiger partial charge is 0.394 e. The van der Waals surface area contributed by atoms with Gasteiger partial charge in [-0.1, -0.05) is 13.8 Å². The normalized spacial score (nSPS) is 48.7. The molecule has 0 aromatic rings. The Labute approximate surface area is 145 Å². The van der Waals surface area contributed by atoms with Crippen LogP contribution in [0.5, 0.6) is 0 Å². The number of rotatable bonds is 5. The van der Waals surface area contributed by atoms with E-state index >= 15 is 0 Å². The molecule has 148 valence electrons. The highest BCUT2D eigenvalue weighted by Crippen LogP contribution is 2.31. The van der Waals surface area contributed by atoms with E-state index in [2.05, 4.69) is 0 Å². The minimum atomic E-state index is -1.63. The van der Waals surface area contributed by atoms with Gasteiger partial charge in [-0.05, 0) is 5.92 Å². The van der Waals surface area contributed by atoms with Gasteiger partial charge in [-0.25, -0.2) is 0 Å². The second-order valence-electron chi connectivity index (χ2n) is 6.84. The molecular formula is C15H28O10. The van der Waals surface area contributed by atoms with Gasteiger partial charge < -0.3 is 50.0 Å². The van der Waals surface area contributed by atoms with Gasteiger partial charge in [-0.2, -0.15) is 0 Å². The Morgan fingerprint density at radius 2 is 1.28 bits per heavy atom. The lowest BCUT2D eigenvalue weighted by molar-refractivity contribution is -0.344. The second-order valence-corrected chi connectivity index (χ2v) is 6.84. The molecule has 10 atom stereocenters. The van der Waals surface area contributed by atoms with E-state index in [1.54, 1.807) is 13.8 Å². The van der Waals surface area contributed by atoms with Crippen molar-refractivity contribution in [1.82, 2.24) is 0 Å². The van der Waals surface area contributed by atoms with Crippen molar-refractivity contribution in [3.8, 4) is 0 Å². The molecule has 0 aromatic heterocycles. The Morgan fingerprint density at radius 1 is 0.760 bits per heavy atom. The van der Waals surface area contributed by atoms with E-state index < -0.39 is 74.4 Å². The lowest BCUT2D eigenvalue weighted by Crippen LogP contribution is -2.65. The molecule has 2 fully saturated rings. The van der Waals surface area contributed by atoms with Crippen LogP contribution in [0.4, 0.5) is 0 Å². The Kier molecular flexibility index (Phi) is 7.13. The van der Waals surface area contributed by atoms with Crippen molar-refractivity contribution in [3.63, 3.8) is 0 Å². The summed E-state index contributed by atoms with van der Waals surface area (Å²) < 4.78 is 16.4. The zero-order valence-electron chi connectivity index (χ0n) is 14.1. The maximum Gasteiger partial charge on any atom is 0.187 e. The van der Waals surface area contributed by atoms with Gasteiger partial charge in [0, 0.05) is 0 Å². The molecule has 0 radical (unpaired) electrons. The molecule has 2 rings (SSSR count). The van der Waals surface area contributed by atoms with Crippen LogP contribution in [0.3, 0.4) is 0 Å². The molecule has 7 N–H and O–H groups in total. The van der Waals surface area contributed by atoms with Crippen molar-refractivity contribution < 1.29 is 50.0 Å². The van der Waals surface area contributed by atoms with Crippen LogP contribution in [0, 0.1) is 5.92 Å². The van der Waals surface area contributed by atoms with Crippen molar-refractivity contribution in [3.05, 3.63) is 0 Å². The van der Waals surface area contributed by atoms with Crippen molar-refractivity contribution in [2.24, 2.45) is 5.92 Å². The van der Waals surface area contributed by atoms with E-state index in [4.69, 9.17) is 14.2 Å². The number of ether oxygens (including phenoxy) is 3. The fraction of sp³-hybridized carbons (Fsp3) is 1.00. The van der Waals surface area contributed by atoms with Crippen LogP contribution >= 0.6 is 0 Å². The Hall–Kier alpha value is -0.400. The summed E-state index contributed by atoms with van der Waals surface area (Å²) in [5, 5.41) is 68.6. The van der Waals surface area contributed by atoms with Gasteiger partial charge >= 0.3 is 0 Å². The predicted octanol–water partition coefficient (Wildman–Crippen LogP) is -3.69. The third-order valence-corrected chi connectivity index (χ3v) is 4.70. The fourth-order valence-corrected chi connectivity index (χ4v) is 3.15. The molecule has 2 saturated heterocycles. The fourth-order valence-electron chi connectivity index (χ4n) is 3.15.